The number of hydrogen-bond donors (Lipinski definition) is 0. The lowest BCUT2D eigenvalue weighted by molar-refractivity contribution is 0.0516. The molecule has 2 heterocycles. The molecule has 1 atom stereocenters. The zero-order valence-electron chi connectivity index (χ0n) is 14.8. The SMILES string of the molecule is CCOC(=O)c1cc(-c2ccc(C)cc2F)c2c(n1)O[C@H](CC)CC2. The smallest absolute Gasteiger partial charge is 0.357 e. The second-order valence-corrected chi connectivity index (χ2v) is 6.23. The molecule has 5 heteroatoms. The van der Waals surface area contributed by atoms with E-state index in [1.54, 1.807) is 19.1 Å². The van der Waals surface area contributed by atoms with Crippen molar-refractivity contribution in [3.05, 3.63) is 46.9 Å². The Bertz CT molecular complexity index is 804. The standard InChI is InChI=1S/C20H22FNO3/c1-4-13-7-9-15-16(14-8-6-12(3)10-17(14)21)11-18(20(23)24-5-2)22-19(15)25-13/h6,8,10-11,13H,4-5,7,9H2,1-3H3/t13-/m1/s1. The highest BCUT2D eigenvalue weighted by Crippen LogP contribution is 2.37. The average Bonchev–Trinajstić information content (AvgIpc) is 2.60. The molecule has 132 valence electrons. The number of aryl methyl sites for hydroxylation is 1. The maximum absolute atomic E-state index is 14.6. The van der Waals surface area contributed by atoms with Gasteiger partial charge in [0.25, 0.3) is 0 Å². The topological polar surface area (TPSA) is 48.4 Å². The molecule has 1 aromatic heterocycles. The molecule has 1 aliphatic heterocycles. The van der Waals surface area contributed by atoms with Crippen molar-refractivity contribution < 1.29 is 18.7 Å². The first kappa shape index (κ1) is 17.4. The van der Waals surface area contributed by atoms with Crippen LogP contribution < -0.4 is 4.74 Å². The summed E-state index contributed by atoms with van der Waals surface area (Å²) >= 11 is 0. The highest BCUT2D eigenvalue weighted by Gasteiger charge is 2.26. The molecule has 0 saturated carbocycles. The van der Waals surface area contributed by atoms with Gasteiger partial charge in [-0.25, -0.2) is 14.2 Å². The van der Waals surface area contributed by atoms with Crippen molar-refractivity contribution in [3.8, 4) is 17.0 Å². The number of rotatable bonds is 4. The number of fused-ring (bicyclic) bond motifs is 1. The Balaban J connectivity index is 2.15. The van der Waals surface area contributed by atoms with Gasteiger partial charge in [0.05, 0.1) is 6.61 Å². The summed E-state index contributed by atoms with van der Waals surface area (Å²) in [5.41, 5.74) is 2.94. The third-order valence-electron chi connectivity index (χ3n) is 4.44. The molecule has 2 aromatic rings. The number of pyridine rings is 1. The number of aromatic nitrogens is 1. The number of hydrogen-bond acceptors (Lipinski definition) is 4. The Labute approximate surface area is 147 Å². The highest BCUT2D eigenvalue weighted by molar-refractivity contribution is 5.90. The normalized spacial score (nSPS) is 16.1. The number of carbonyl (C=O) groups is 1. The van der Waals surface area contributed by atoms with E-state index in [0.29, 0.717) is 17.0 Å². The molecule has 0 unspecified atom stereocenters. The van der Waals surface area contributed by atoms with Gasteiger partial charge >= 0.3 is 5.97 Å². The first-order chi connectivity index (χ1) is 12.0. The molecule has 0 N–H and O–H groups in total. The summed E-state index contributed by atoms with van der Waals surface area (Å²) in [7, 11) is 0. The Morgan fingerprint density at radius 3 is 2.80 bits per heavy atom. The number of carbonyl (C=O) groups excluding carboxylic acids is 1. The van der Waals surface area contributed by atoms with Crippen LogP contribution in [0.4, 0.5) is 4.39 Å². The van der Waals surface area contributed by atoms with Crippen LogP contribution in [0.25, 0.3) is 11.1 Å². The molecule has 0 saturated heterocycles. The summed E-state index contributed by atoms with van der Waals surface area (Å²) < 4.78 is 25.5. The van der Waals surface area contributed by atoms with E-state index in [1.807, 2.05) is 19.9 Å². The van der Waals surface area contributed by atoms with Gasteiger partial charge in [-0.15, -0.1) is 0 Å². The van der Waals surface area contributed by atoms with Crippen LogP contribution >= 0.6 is 0 Å². The van der Waals surface area contributed by atoms with Crippen LogP contribution in [0.15, 0.2) is 24.3 Å². The van der Waals surface area contributed by atoms with Crippen LogP contribution in [0.5, 0.6) is 5.88 Å². The van der Waals surface area contributed by atoms with Crippen LogP contribution in [-0.2, 0) is 11.2 Å². The van der Waals surface area contributed by atoms with Crippen molar-refractivity contribution in [1.29, 1.82) is 0 Å². The predicted molar refractivity (Wildman–Crippen MR) is 93.4 cm³/mol. The molecule has 25 heavy (non-hydrogen) atoms. The van der Waals surface area contributed by atoms with Crippen molar-refractivity contribution in [2.45, 2.75) is 46.1 Å². The molecule has 0 aliphatic carbocycles. The third kappa shape index (κ3) is 3.50. The van der Waals surface area contributed by atoms with E-state index in [1.165, 1.54) is 6.07 Å². The molecular formula is C20H22FNO3. The van der Waals surface area contributed by atoms with E-state index in [-0.39, 0.29) is 24.2 Å². The number of nitrogens with zero attached hydrogens (tertiary/aromatic N) is 1. The minimum absolute atomic E-state index is 0.0631. The largest absolute Gasteiger partial charge is 0.474 e. The molecule has 0 fully saturated rings. The first-order valence-electron chi connectivity index (χ1n) is 8.67. The van der Waals surface area contributed by atoms with E-state index in [2.05, 4.69) is 4.98 Å². The molecule has 1 aliphatic rings. The van der Waals surface area contributed by atoms with Gasteiger partial charge in [0.15, 0.2) is 5.69 Å². The minimum Gasteiger partial charge on any atom is -0.474 e. The molecule has 0 bridgehead atoms. The summed E-state index contributed by atoms with van der Waals surface area (Å²) in [4.78, 5) is 16.5. The molecule has 3 rings (SSSR count). The number of esters is 1. The van der Waals surface area contributed by atoms with E-state index in [0.717, 1.165) is 30.4 Å². The minimum atomic E-state index is -0.527. The van der Waals surface area contributed by atoms with Crippen molar-refractivity contribution >= 4 is 5.97 Å². The van der Waals surface area contributed by atoms with Gasteiger partial charge in [-0.1, -0.05) is 19.1 Å². The van der Waals surface area contributed by atoms with Gasteiger partial charge in [-0.2, -0.15) is 0 Å². The number of benzene rings is 1. The third-order valence-corrected chi connectivity index (χ3v) is 4.44. The predicted octanol–water partition coefficient (Wildman–Crippen LogP) is 4.48. The zero-order chi connectivity index (χ0) is 18.0. The lowest BCUT2D eigenvalue weighted by Crippen LogP contribution is -2.24. The quantitative estimate of drug-likeness (QED) is 0.768. The second kappa shape index (κ2) is 7.21. The average molecular weight is 343 g/mol. The maximum Gasteiger partial charge on any atom is 0.357 e. The van der Waals surface area contributed by atoms with Gasteiger partial charge in [-0.05, 0) is 56.4 Å². The van der Waals surface area contributed by atoms with Gasteiger partial charge in [-0.3, -0.25) is 0 Å². The van der Waals surface area contributed by atoms with Crippen molar-refractivity contribution in [3.63, 3.8) is 0 Å². The maximum atomic E-state index is 14.6. The van der Waals surface area contributed by atoms with Crippen molar-refractivity contribution in [2.24, 2.45) is 0 Å². The molecule has 1 aromatic carbocycles. The molecule has 0 spiro atoms. The Morgan fingerprint density at radius 1 is 1.32 bits per heavy atom. The fraction of sp³-hybridized carbons (Fsp3) is 0.400. The molecule has 0 radical (unpaired) electrons. The fourth-order valence-electron chi connectivity index (χ4n) is 3.09. The zero-order valence-corrected chi connectivity index (χ0v) is 14.8. The number of halogens is 1. The molecular weight excluding hydrogens is 321 g/mol. The Morgan fingerprint density at radius 2 is 2.12 bits per heavy atom. The second-order valence-electron chi connectivity index (χ2n) is 6.23. The van der Waals surface area contributed by atoms with Crippen molar-refractivity contribution in [2.75, 3.05) is 6.61 Å². The summed E-state index contributed by atoms with van der Waals surface area (Å²) in [5.74, 6) is -0.430. The van der Waals surface area contributed by atoms with Gasteiger partial charge in [0.1, 0.15) is 11.9 Å². The summed E-state index contributed by atoms with van der Waals surface area (Å²) in [6.45, 7) is 5.88. The molecule has 0 amide bonds. The van der Waals surface area contributed by atoms with Gasteiger partial charge in [0, 0.05) is 11.1 Å². The van der Waals surface area contributed by atoms with Gasteiger partial charge in [0.2, 0.25) is 5.88 Å². The van der Waals surface area contributed by atoms with Gasteiger partial charge < -0.3 is 9.47 Å². The van der Waals surface area contributed by atoms with Crippen LogP contribution in [0.3, 0.4) is 0 Å². The van der Waals surface area contributed by atoms with Crippen LogP contribution in [0.1, 0.15) is 48.3 Å². The molecule has 4 nitrogen and oxygen atoms in total. The summed E-state index contributed by atoms with van der Waals surface area (Å²) in [5, 5.41) is 0. The van der Waals surface area contributed by atoms with Crippen LogP contribution in [0, 0.1) is 12.7 Å². The fourth-order valence-corrected chi connectivity index (χ4v) is 3.09. The Kier molecular flexibility index (Phi) is 5.02. The lowest BCUT2D eigenvalue weighted by atomic mass is 9.93. The summed E-state index contributed by atoms with van der Waals surface area (Å²) in [6.07, 6.45) is 2.52. The monoisotopic (exact) mass is 343 g/mol. The summed E-state index contributed by atoms with van der Waals surface area (Å²) in [6, 6.07) is 6.69. The number of ether oxygens (including phenoxy) is 2. The first-order valence-corrected chi connectivity index (χ1v) is 8.67. The van der Waals surface area contributed by atoms with E-state index in [4.69, 9.17) is 9.47 Å². The van der Waals surface area contributed by atoms with Crippen molar-refractivity contribution in [1.82, 2.24) is 4.98 Å². The van der Waals surface area contributed by atoms with Crippen LogP contribution in [-0.4, -0.2) is 23.7 Å². The Hall–Kier alpha value is -2.43. The lowest BCUT2D eigenvalue weighted by Gasteiger charge is -2.26. The van der Waals surface area contributed by atoms with Crippen LogP contribution in [0.2, 0.25) is 0 Å². The van der Waals surface area contributed by atoms with E-state index >= 15 is 0 Å². The highest BCUT2D eigenvalue weighted by atomic mass is 19.1. The van der Waals surface area contributed by atoms with E-state index in [9.17, 15) is 9.18 Å². The van der Waals surface area contributed by atoms with E-state index < -0.39 is 5.97 Å².